The van der Waals surface area contributed by atoms with E-state index in [1.807, 2.05) is 36.4 Å². The van der Waals surface area contributed by atoms with Gasteiger partial charge in [-0.15, -0.1) is 0 Å². The Morgan fingerprint density at radius 1 is 0.647 bits per heavy atom. The molecule has 3 aromatic rings. The zero-order valence-electron chi connectivity index (χ0n) is 20.2. The lowest BCUT2D eigenvalue weighted by atomic mass is 10.1. The quantitative estimate of drug-likeness (QED) is 0.520. The summed E-state index contributed by atoms with van der Waals surface area (Å²) < 4.78 is 0. The van der Waals surface area contributed by atoms with Crippen LogP contribution in [0.1, 0.15) is 52.4 Å². The molecule has 2 fully saturated rings. The van der Waals surface area contributed by atoms with E-state index in [2.05, 4.69) is 16.1 Å². The number of rotatable bonds is 4. The number of amides is 2. The van der Waals surface area contributed by atoms with Crippen molar-refractivity contribution in [3.8, 4) is 0 Å². The summed E-state index contributed by atoms with van der Waals surface area (Å²) in [5.74, 6) is 0.0333. The Hall–Kier alpha value is -3.03. The molecule has 1 aromatic heterocycles. The Labute approximate surface area is 200 Å². The number of carbonyl (C=O) groups is 2. The third-order valence-corrected chi connectivity index (χ3v) is 6.90. The van der Waals surface area contributed by atoms with Gasteiger partial charge in [0.25, 0.3) is 0 Å². The van der Waals surface area contributed by atoms with Crippen molar-refractivity contribution in [1.82, 2.24) is 15.0 Å². The first-order valence-electron chi connectivity index (χ1n) is 12.5. The molecule has 7 heteroatoms. The number of hydrogen-bond donors (Lipinski definition) is 0. The summed E-state index contributed by atoms with van der Waals surface area (Å²) >= 11 is 0. The second-order valence-corrected chi connectivity index (χ2v) is 9.43. The SMILES string of the molecule is CC(=O)N(c1ccc2cc3ccc(N(C(C)=O)N4CCCCC4)cc3nc2c1)N1CCCCC1. The minimum absolute atomic E-state index is 0.0166. The molecule has 34 heavy (non-hydrogen) atoms. The van der Waals surface area contributed by atoms with Crippen LogP contribution >= 0.6 is 0 Å². The summed E-state index contributed by atoms with van der Waals surface area (Å²) in [6.07, 6.45) is 6.84. The molecular weight excluding hydrogens is 426 g/mol. The van der Waals surface area contributed by atoms with Crippen LogP contribution in [-0.4, -0.2) is 53.0 Å². The predicted molar refractivity (Wildman–Crippen MR) is 136 cm³/mol. The molecular formula is C27H33N5O2. The topological polar surface area (TPSA) is 60.0 Å². The lowest BCUT2D eigenvalue weighted by molar-refractivity contribution is -0.120. The number of piperidine rings is 2. The fourth-order valence-corrected chi connectivity index (χ4v) is 5.31. The van der Waals surface area contributed by atoms with Gasteiger partial charge in [0.1, 0.15) is 0 Å². The number of benzene rings is 2. The van der Waals surface area contributed by atoms with Gasteiger partial charge in [0.15, 0.2) is 0 Å². The van der Waals surface area contributed by atoms with E-state index >= 15 is 0 Å². The van der Waals surface area contributed by atoms with Gasteiger partial charge in [-0.3, -0.25) is 9.59 Å². The molecule has 3 heterocycles. The maximum Gasteiger partial charge on any atom is 0.238 e. The van der Waals surface area contributed by atoms with Gasteiger partial charge in [-0.1, -0.05) is 25.0 Å². The van der Waals surface area contributed by atoms with Crippen LogP contribution in [0.3, 0.4) is 0 Å². The molecule has 7 nitrogen and oxygen atoms in total. The van der Waals surface area contributed by atoms with Crippen LogP contribution in [-0.2, 0) is 9.59 Å². The van der Waals surface area contributed by atoms with E-state index < -0.39 is 0 Å². The lowest BCUT2D eigenvalue weighted by Crippen LogP contribution is -2.48. The first kappa shape index (κ1) is 22.7. The van der Waals surface area contributed by atoms with Crippen molar-refractivity contribution < 1.29 is 9.59 Å². The Balaban J connectivity index is 1.53. The van der Waals surface area contributed by atoms with Crippen LogP contribution in [0.2, 0.25) is 0 Å². The van der Waals surface area contributed by atoms with Gasteiger partial charge in [-0.25, -0.2) is 25.0 Å². The van der Waals surface area contributed by atoms with E-state index in [0.29, 0.717) is 0 Å². The van der Waals surface area contributed by atoms with Gasteiger partial charge in [0.05, 0.1) is 22.4 Å². The fourth-order valence-electron chi connectivity index (χ4n) is 5.31. The number of carbonyl (C=O) groups excluding carboxylic acids is 2. The number of nitrogens with zero attached hydrogens (tertiary/aromatic N) is 5. The first-order valence-corrected chi connectivity index (χ1v) is 12.5. The summed E-state index contributed by atoms with van der Waals surface area (Å²) in [5, 5.41) is 9.96. The van der Waals surface area contributed by atoms with E-state index in [0.717, 1.165) is 85.0 Å². The van der Waals surface area contributed by atoms with Crippen LogP contribution in [0.25, 0.3) is 21.8 Å². The number of fused-ring (bicyclic) bond motifs is 2. The third kappa shape index (κ3) is 4.50. The van der Waals surface area contributed by atoms with Crippen LogP contribution in [0.15, 0.2) is 42.5 Å². The molecule has 0 atom stereocenters. The van der Waals surface area contributed by atoms with E-state index in [1.165, 1.54) is 12.8 Å². The van der Waals surface area contributed by atoms with E-state index in [-0.39, 0.29) is 11.8 Å². The maximum atomic E-state index is 12.5. The zero-order valence-corrected chi connectivity index (χ0v) is 20.2. The van der Waals surface area contributed by atoms with Crippen molar-refractivity contribution in [3.05, 3.63) is 42.5 Å². The Kier molecular flexibility index (Phi) is 6.48. The van der Waals surface area contributed by atoms with Gasteiger partial charge < -0.3 is 0 Å². The van der Waals surface area contributed by atoms with Crippen molar-refractivity contribution in [3.63, 3.8) is 0 Å². The van der Waals surface area contributed by atoms with Gasteiger partial charge in [-0.2, -0.15) is 0 Å². The average Bonchev–Trinajstić information content (AvgIpc) is 2.84. The second-order valence-electron chi connectivity index (χ2n) is 9.43. The van der Waals surface area contributed by atoms with Crippen LogP contribution in [0, 0.1) is 0 Å². The van der Waals surface area contributed by atoms with Gasteiger partial charge >= 0.3 is 0 Å². The molecule has 0 radical (unpaired) electrons. The normalized spacial score (nSPS) is 17.7. The van der Waals surface area contributed by atoms with E-state index in [1.54, 1.807) is 23.9 Å². The zero-order chi connectivity index (χ0) is 23.7. The van der Waals surface area contributed by atoms with Crippen molar-refractivity contribution in [2.75, 3.05) is 36.2 Å². The van der Waals surface area contributed by atoms with Crippen LogP contribution < -0.4 is 10.0 Å². The number of pyridine rings is 1. The molecule has 5 rings (SSSR count). The summed E-state index contributed by atoms with van der Waals surface area (Å²) in [6.45, 7) is 6.81. The molecule has 0 saturated carbocycles. The average molecular weight is 460 g/mol. The summed E-state index contributed by atoms with van der Waals surface area (Å²) in [6, 6.07) is 14.2. The van der Waals surface area contributed by atoms with Crippen LogP contribution in [0.5, 0.6) is 0 Å². The third-order valence-electron chi connectivity index (χ3n) is 6.90. The molecule has 2 aromatic carbocycles. The van der Waals surface area contributed by atoms with Gasteiger partial charge in [0.2, 0.25) is 11.8 Å². The minimum atomic E-state index is 0.0166. The fraction of sp³-hybridized carbons (Fsp3) is 0.444. The largest absolute Gasteiger partial charge is 0.273 e. The van der Waals surface area contributed by atoms with Crippen molar-refractivity contribution in [2.24, 2.45) is 0 Å². The van der Waals surface area contributed by atoms with E-state index in [9.17, 15) is 9.59 Å². The van der Waals surface area contributed by atoms with Crippen LogP contribution in [0.4, 0.5) is 11.4 Å². The van der Waals surface area contributed by atoms with Gasteiger partial charge in [0, 0.05) is 50.8 Å². The highest BCUT2D eigenvalue weighted by atomic mass is 16.2. The molecule has 0 aliphatic carbocycles. The first-order chi connectivity index (χ1) is 16.5. The highest BCUT2D eigenvalue weighted by molar-refractivity contribution is 5.99. The van der Waals surface area contributed by atoms with Crippen molar-refractivity contribution >= 4 is 45.0 Å². The molecule has 2 saturated heterocycles. The predicted octanol–water partition coefficient (Wildman–Crippen LogP) is 4.90. The highest BCUT2D eigenvalue weighted by Gasteiger charge is 2.24. The number of hydrazine groups is 2. The lowest BCUT2D eigenvalue weighted by Gasteiger charge is -2.37. The molecule has 0 N–H and O–H groups in total. The van der Waals surface area contributed by atoms with Crippen molar-refractivity contribution in [1.29, 1.82) is 0 Å². The summed E-state index contributed by atoms with van der Waals surface area (Å²) in [4.78, 5) is 30.1. The molecule has 0 bridgehead atoms. The van der Waals surface area contributed by atoms with E-state index in [4.69, 9.17) is 4.98 Å². The number of anilines is 2. The number of aromatic nitrogens is 1. The molecule has 0 spiro atoms. The standard InChI is InChI=1S/C27H33N5O2/c1-20(33)31(29-13-5-3-6-14-29)24-11-9-22-17-23-10-12-25(19-27(23)28-26(22)18-24)32(21(2)34)30-15-7-4-8-16-30/h9-12,17-19H,3-8,13-16H2,1-2H3. The summed E-state index contributed by atoms with van der Waals surface area (Å²) in [7, 11) is 0. The molecule has 0 unspecified atom stereocenters. The monoisotopic (exact) mass is 459 g/mol. The Bertz CT molecular complexity index is 1120. The molecule has 2 aliphatic rings. The Morgan fingerprint density at radius 3 is 1.44 bits per heavy atom. The highest BCUT2D eigenvalue weighted by Crippen LogP contribution is 2.29. The smallest absolute Gasteiger partial charge is 0.238 e. The summed E-state index contributed by atoms with van der Waals surface area (Å²) in [5.41, 5.74) is 3.39. The second kappa shape index (κ2) is 9.68. The maximum absolute atomic E-state index is 12.5. The van der Waals surface area contributed by atoms with Gasteiger partial charge in [-0.05, 0) is 56.0 Å². The minimum Gasteiger partial charge on any atom is -0.273 e. The molecule has 2 amide bonds. The van der Waals surface area contributed by atoms with Crippen molar-refractivity contribution in [2.45, 2.75) is 52.4 Å². The molecule has 178 valence electrons. The number of hydrogen-bond acceptors (Lipinski definition) is 5. The molecule has 2 aliphatic heterocycles. The Morgan fingerprint density at radius 2 is 1.06 bits per heavy atom.